The lowest BCUT2D eigenvalue weighted by Gasteiger charge is -2.15. The molecule has 0 aromatic rings. The Morgan fingerprint density at radius 1 is 0.696 bits per heavy atom. The minimum absolute atomic E-state index is 0.103. The van der Waals surface area contributed by atoms with Crippen LogP contribution in [0.25, 0.3) is 0 Å². The molecule has 10 heteroatoms. The molecule has 0 aliphatic carbocycles. The minimum Gasteiger partial charge on any atom is -0.423 e. The quantitative estimate of drug-likeness (QED) is 0.532. The number of hydrogen-bond acceptors (Lipinski definition) is 7. The van der Waals surface area contributed by atoms with Gasteiger partial charge in [0.1, 0.15) is 10.5 Å². The Morgan fingerprint density at radius 3 is 1.04 bits per heavy atom. The Balaban J connectivity index is -0.000000272. The predicted octanol–water partition coefficient (Wildman–Crippen LogP) is 0.538. The molecule has 0 radical (unpaired) electrons. The third-order valence-corrected chi connectivity index (χ3v) is 6.29. The lowest BCUT2D eigenvalue weighted by Crippen LogP contribution is -2.27. The van der Waals surface area contributed by atoms with Crippen LogP contribution in [-0.2, 0) is 31.0 Å². The first-order chi connectivity index (χ1) is 10.8. The summed E-state index contributed by atoms with van der Waals surface area (Å²) in [4.78, 5) is 0. The van der Waals surface area contributed by atoms with Crippen LogP contribution in [0.3, 0.4) is 0 Å². The second kappa shape index (κ2) is 20.4. The summed E-state index contributed by atoms with van der Waals surface area (Å²) >= 11 is 0. The summed E-state index contributed by atoms with van der Waals surface area (Å²) in [7, 11) is 2.16. The van der Waals surface area contributed by atoms with E-state index in [9.17, 15) is 0 Å². The van der Waals surface area contributed by atoms with Crippen LogP contribution < -0.4 is 0 Å². The van der Waals surface area contributed by atoms with Gasteiger partial charge in [0.25, 0.3) is 0 Å². The molecule has 0 amide bonds. The van der Waals surface area contributed by atoms with Gasteiger partial charge >= 0.3 is 19.1 Å². The molecule has 7 nitrogen and oxygen atoms in total. The second-order valence-corrected chi connectivity index (χ2v) is 8.94. The summed E-state index contributed by atoms with van der Waals surface area (Å²) < 4.78 is 35.0. The highest BCUT2D eigenvalue weighted by atomic mass is 28.3. The molecule has 0 saturated heterocycles. The Kier molecular flexibility index (Phi) is 25.0. The van der Waals surface area contributed by atoms with Crippen molar-refractivity contribution in [3.8, 4) is 0 Å². The van der Waals surface area contributed by atoms with E-state index in [0.717, 1.165) is 10.5 Å². The van der Waals surface area contributed by atoms with E-state index in [0.29, 0.717) is 19.8 Å². The molecule has 0 rings (SSSR count). The van der Waals surface area contributed by atoms with E-state index in [2.05, 4.69) is 20.8 Å². The van der Waals surface area contributed by atoms with E-state index < -0.39 is 19.1 Å². The van der Waals surface area contributed by atoms with Crippen LogP contribution in [0.1, 0.15) is 41.5 Å². The maximum atomic E-state index is 5.22. The second-order valence-electron chi connectivity index (χ2n) is 4.97. The first kappa shape index (κ1) is 28.2. The van der Waals surface area contributed by atoms with Gasteiger partial charge in [0.05, 0.1) is 0 Å². The highest BCUT2D eigenvalue weighted by Gasteiger charge is 2.11. The van der Waals surface area contributed by atoms with Crippen molar-refractivity contribution in [3.05, 3.63) is 0 Å². The van der Waals surface area contributed by atoms with E-state index in [4.69, 9.17) is 31.0 Å². The summed E-state index contributed by atoms with van der Waals surface area (Å²) in [5.74, 6) is 0. The molecule has 0 spiro atoms. The molecular weight excluding hydrogens is 352 g/mol. The maximum Gasteiger partial charge on any atom is 0.484 e. The molecule has 0 aliphatic rings. The first-order valence-electron chi connectivity index (χ1n) is 7.74. The number of rotatable bonds is 9. The Bertz CT molecular complexity index is 194. The van der Waals surface area contributed by atoms with Gasteiger partial charge in [0.15, 0.2) is 0 Å². The average molecular weight is 391 g/mol. The fraction of sp³-hybridized carbons (Fsp3) is 1.00. The van der Waals surface area contributed by atoms with Crippen LogP contribution in [0.2, 0.25) is 0 Å². The van der Waals surface area contributed by atoms with Crippen LogP contribution >= 0.6 is 0 Å². The molecule has 0 bridgehead atoms. The Labute approximate surface area is 149 Å². The van der Waals surface area contributed by atoms with Gasteiger partial charge in [-0.05, 0) is 41.5 Å². The van der Waals surface area contributed by atoms with Crippen molar-refractivity contribution in [2.45, 2.75) is 47.1 Å². The van der Waals surface area contributed by atoms with E-state index in [1.165, 1.54) is 0 Å². The standard InChI is InChI=1S/C6H16O3Si.C4H12OSi.C3H10O3Si/c1-4-7-10(8-5-2)9-6-3;1-4(2,3)5-6;1-4-7(5-2)6-3/h10H,4-6H2,1-3H3;1-3,6H3;7H,1-3H3. The zero-order valence-corrected chi connectivity index (χ0v) is 20.9. The summed E-state index contributed by atoms with van der Waals surface area (Å²) in [6.07, 6.45) is 0. The van der Waals surface area contributed by atoms with Crippen molar-refractivity contribution < 1.29 is 31.0 Å². The van der Waals surface area contributed by atoms with Crippen LogP contribution in [-0.4, -0.2) is 76.3 Å². The third kappa shape index (κ3) is 27.5. The third-order valence-electron chi connectivity index (χ3n) is 2.10. The zero-order valence-electron chi connectivity index (χ0n) is 16.6. The summed E-state index contributed by atoms with van der Waals surface area (Å²) in [6.45, 7) is 14.0. The lowest BCUT2D eigenvalue weighted by atomic mass is 10.2. The molecule has 0 fully saturated rings. The van der Waals surface area contributed by atoms with Crippen molar-refractivity contribution in [2.75, 3.05) is 41.2 Å². The predicted molar refractivity (Wildman–Crippen MR) is 101 cm³/mol. The molecule has 0 N–H and O–H groups in total. The number of hydrogen-bond donors (Lipinski definition) is 0. The van der Waals surface area contributed by atoms with Crippen molar-refractivity contribution >= 4 is 29.5 Å². The summed E-state index contributed by atoms with van der Waals surface area (Å²) in [5, 5.41) is 0. The fourth-order valence-electron chi connectivity index (χ4n) is 0.841. The maximum absolute atomic E-state index is 5.22. The minimum atomic E-state index is -1.73. The fourth-order valence-corrected chi connectivity index (χ4v) is 2.52. The Hall–Kier alpha value is 0.371. The van der Waals surface area contributed by atoms with Crippen molar-refractivity contribution in [2.24, 2.45) is 0 Å². The van der Waals surface area contributed by atoms with Crippen LogP contribution in [0.4, 0.5) is 0 Å². The molecule has 0 aromatic heterocycles. The zero-order chi connectivity index (χ0) is 18.7. The molecule has 23 heavy (non-hydrogen) atoms. The van der Waals surface area contributed by atoms with Gasteiger partial charge in [-0.15, -0.1) is 0 Å². The molecular formula is C13H38O7Si3. The molecule has 0 heterocycles. The van der Waals surface area contributed by atoms with Crippen LogP contribution in [0, 0.1) is 0 Å². The lowest BCUT2D eigenvalue weighted by molar-refractivity contribution is 0.107. The normalized spacial score (nSPS) is 11.1. The molecule has 0 saturated carbocycles. The summed E-state index contributed by atoms with van der Waals surface area (Å²) in [5.41, 5.74) is 0.103. The highest BCUT2D eigenvalue weighted by Crippen LogP contribution is 2.01. The van der Waals surface area contributed by atoms with Gasteiger partial charge in [-0.3, -0.25) is 0 Å². The highest BCUT2D eigenvalue weighted by molar-refractivity contribution is 6.36. The van der Waals surface area contributed by atoms with E-state index in [-0.39, 0.29) is 5.60 Å². The van der Waals surface area contributed by atoms with Crippen LogP contribution in [0.5, 0.6) is 0 Å². The largest absolute Gasteiger partial charge is 0.484 e. The van der Waals surface area contributed by atoms with Crippen molar-refractivity contribution in [3.63, 3.8) is 0 Å². The molecule has 0 atom stereocenters. The van der Waals surface area contributed by atoms with Crippen molar-refractivity contribution in [1.82, 2.24) is 0 Å². The van der Waals surface area contributed by atoms with E-state index >= 15 is 0 Å². The monoisotopic (exact) mass is 390 g/mol. The van der Waals surface area contributed by atoms with E-state index in [1.54, 1.807) is 21.3 Å². The van der Waals surface area contributed by atoms with Gasteiger partial charge in [-0.2, -0.15) is 0 Å². The molecule has 0 aromatic carbocycles. The van der Waals surface area contributed by atoms with Gasteiger partial charge in [-0.25, -0.2) is 0 Å². The SMILES string of the molecule is CC(C)(C)O[SiH3].CCO[SiH](OCC)OCC.CO[SiH](OC)OC. The Morgan fingerprint density at radius 2 is 0.957 bits per heavy atom. The van der Waals surface area contributed by atoms with Gasteiger partial charge in [-0.1, -0.05) is 0 Å². The molecule has 0 unspecified atom stereocenters. The van der Waals surface area contributed by atoms with Gasteiger partial charge in [0.2, 0.25) is 0 Å². The van der Waals surface area contributed by atoms with Crippen LogP contribution in [0.15, 0.2) is 0 Å². The van der Waals surface area contributed by atoms with Gasteiger partial charge < -0.3 is 31.0 Å². The first-order valence-corrected chi connectivity index (χ1v) is 11.4. The summed E-state index contributed by atoms with van der Waals surface area (Å²) in [6, 6.07) is 0. The molecule has 144 valence electrons. The smallest absolute Gasteiger partial charge is 0.423 e. The average Bonchev–Trinajstić information content (AvgIpc) is 2.50. The van der Waals surface area contributed by atoms with E-state index in [1.807, 2.05) is 20.8 Å². The topological polar surface area (TPSA) is 64.6 Å². The molecule has 0 aliphatic heterocycles. The van der Waals surface area contributed by atoms with Gasteiger partial charge in [0, 0.05) is 46.8 Å². The van der Waals surface area contributed by atoms with Crippen molar-refractivity contribution in [1.29, 1.82) is 0 Å².